The van der Waals surface area contributed by atoms with Crippen molar-refractivity contribution in [2.75, 3.05) is 13.2 Å². The van der Waals surface area contributed by atoms with Gasteiger partial charge in [0.05, 0.1) is 6.61 Å². The van der Waals surface area contributed by atoms with Crippen LogP contribution in [0.1, 0.15) is 26.2 Å². The molecule has 0 radical (unpaired) electrons. The Labute approximate surface area is 91.1 Å². The van der Waals surface area contributed by atoms with Crippen LogP contribution >= 0.6 is 0 Å². The van der Waals surface area contributed by atoms with E-state index < -0.39 is 24.6 Å². The topological polar surface area (TPSA) is 55.4 Å². The SMILES string of the molecule is CCCCCOC(=O)CNC(=O)C(F)(F)F. The number of amides is 1. The predicted molar refractivity (Wildman–Crippen MR) is 49.5 cm³/mol. The number of ether oxygens (including phenoxy) is 1. The lowest BCUT2D eigenvalue weighted by atomic mass is 10.3. The molecular weight excluding hydrogens is 227 g/mol. The van der Waals surface area contributed by atoms with Gasteiger partial charge in [0.2, 0.25) is 0 Å². The first-order chi connectivity index (χ1) is 7.38. The predicted octanol–water partition coefficient (Wildman–Crippen LogP) is 1.40. The lowest BCUT2D eigenvalue weighted by Crippen LogP contribution is -2.40. The number of hydrogen-bond donors (Lipinski definition) is 1. The van der Waals surface area contributed by atoms with Gasteiger partial charge in [0.1, 0.15) is 6.54 Å². The van der Waals surface area contributed by atoms with E-state index in [1.54, 1.807) is 0 Å². The minimum Gasteiger partial charge on any atom is -0.464 e. The van der Waals surface area contributed by atoms with E-state index in [0.717, 1.165) is 12.8 Å². The molecule has 7 heteroatoms. The third-order valence-corrected chi connectivity index (χ3v) is 1.66. The normalized spacial score (nSPS) is 11.0. The van der Waals surface area contributed by atoms with Crippen LogP contribution in [0.3, 0.4) is 0 Å². The molecule has 0 aliphatic rings. The van der Waals surface area contributed by atoms with Gasteiger partial charge in [-0.25, -0.2) is 0 Å². The lowest BCUT2D eigenvalue weighted by Gasteiger charge is -2.07. The molecule has 1 N–H and O–H groups in total. The quantitative estimate of drug-likeness (QED) is 0.565. The smallest absolute Gasteiger partial charge is 0.464 e. The van der Waals surface area contributed by atoms with Crippen LogP contribution in [0.2, 0.25) is 0 Å². The van der Waals surface area contributed by atoms with Gasteiger partial charge in [0.25, 0.3) is 0 Å². The van der Waals surface area contributed by atoms with Crippen LogP contribution < -0.4 is 5.32 Å². The molecular formula is C9H14F3NO3. The first-order valence-corrected chi connectivity index (χ1v) is 4.88. The largest absolute Gasteiger partial charge is 0.471 e. The van der Waals surface area contributed by atoms with Crippen molar-refractivity contribution in [3.8, 4) is 0 Å². The molecule has 0 bridgehead atoms. The molecule has 94 valence electrons. The van der Waals surface area contributed by atoms with Gasteiger partial charge >= 0.3 is 18.1 Å². The first-order valence-electron chi connectivity index (χ1n) is 4.88. The zero-order valence-corrected chi connectivity index (χ0v) is 8.89. The number of halogens is 3. The molecule has 16 heavy (non-hydrogen) atoms. The molecule has 0 aromatic rings. The monoisotopic (exact) mass is 241 g/mol. The number of unbranched alkanes of at least 4 members (excludes halogenated alkanes) is 2. The Bertz CT molecular complexity index is 241. The standard InChI is InChI=1S/C9H14F3NO3/c1-2-3-4-5-16-7(14)6-13-8(15)9(10,11)12/h2-6H2,1H3,(H,13,15). The summed E-state index contributed by atoms with van der Waals surface area (Å²) in [5, 5.41) is 1.42. The highest BCUT2D eigenvalue weighted by Crippen LogP contribution is 2.13. The van der Waals surface area contributed by atoms with E-state index in [2.05, 4.69) is 4.74 Å². The van der Waals surface area contributed by atoms with E-state index in [-0.39, 0.29) is 6.61 Å². The minimum atomic E-state index is -4.97. The van der Waals surface area contributed by atoms with Crippen LogP contribution in [0.15, 0.2) is 0 Å². The van der Waals surface area contributed by atoms with Gasteiger partial charge in [0, 0.05) is 0 Å². The van der Waals surface area contributed by atoms with Gasteiger partial charge in [-0.1, -0.05) is 19.8 Å². The Morgan fingerprint density at radius 2 is 1.88 bits per heavy atom. The molecule has 0 saturated heterocycles. The Hall–Kier alpha value is -1.27. The molecule has 0 aliphatic carbocycles. The number of carbonyl (C=O) groups is 2. The highest BCUT2D eigenvalue weighted by Gasteiger charge is 2.38. The molecule has 0 fully saturated rings. The van der Waals surface area contributed by atoms with Crippen LogP contribution in [0, 0.1) is 0 Å². The summed E-state index contributed by atoms with van der Waals surface area (Å²) in [6.07, 6.45) is -2.48. The number of esters is 1. The van der Waals surface area contributed by atoms with Crippen molar-refractivity contribution in [2.45, 2.75) is 32.4 Å². The van der Waals surface area contributed by atoms with E-state index in [9.17, 15) is 22.8 Å². The maximum Gasteiger partial charge on any atom is 0.471 e. The Morgan fingerprint density at radius 1 is 1.25 bits per heavy atom. The summed E-state index contributed by atoms with van der Waals surface area (Å²) >= 11 is 0. The lowest BCUT2D eigenvalue weighted by molar-refractivity contribution is -0.174. The molecule has 0 spiro atoms. The van der Waals surface area contributed by atoms with Crippen molar-refractivity contribution < 1.29 is 27.5 Å². The molecule has 0 aliphatic heterocycles. The molecule has 0 rings (SSSR count). The van der Waals surface area contributed by atoms with Crippen LogP contribution in [0.4, 0.5) is 13.2 Å². The molecule has 0 aromatic heterocycles. The molecule has 1 amide bonds. The second kappa shape index (κ2) is 7.08. The summed E-state index contributed by atoms with van der Waals surface area (Å²) in [7, 11) is 0. The van der Waals surface area contributed by atoms with Crippen molar-refractivity contribution >= 4 is 11.9 Å². The second-order valence-electron chi connectivity index (χ2n) is 3.11. The van der Waals surface area contributed by atoms with Crippen molar-refractivity contribution in [3.63, 3.8) is 0 Å². The Balaban J connectivity index is 3.62. The summed E-state index contributed by atoms with van der Waals surface area (Å²) < 4.78 is 39.6. The summed E-state index contributed by atoms with van der Waals surface area (Å²) in [6.45, 7) is 1.37. The first kappa shape index (κ1) is 14.7. The molecule has 0 aromatic carbocycles. The number of hydrogen-bond acceptors (Lipinski definition) is 3. The number of nitrogens with one attached hydrogen (secondary N) is 1. The van der Waals surface area contributed by atoms with Gasteiger partial charge in [-0.05, 0) is 6.42 Å². The van der Waals surface area contributed by atoms with E-state index >= 15 is 0 Å². The summed E-state index contributed by atoms with van der Waals surface area (Å²) in [4.78, 5) is 21.1. The summed E-state index contributed by atoms with van der Waals surface area (Å²) in [5.74, 6) is -3.01. The number of carbonyl (C=O) groups excluding carboxylic acids is 2. The van der Waals surface area contributed by atoms with Gasteiger partial charge < -0.3 is 10.1 Å². The van der Waals surface area contributed by atoms with Crippen LogP contribution in [-0.2, 0) is 14.3 Å². The van der Waals surface area contributed by atoms with Crippen LogP contribution in [0.25, 0.3) is 0 Å². The van der Waals surface area contributed by atoms with Gasteiger partial charge in [-0.3, -0.25) is 9.59 Å². The zero-order valence-electron chi connectivity index (χ0n) is 8.89. The highest BCUT2D eigenvalue weighted by molar-refractivity contribution is 5.85. The average Bonchev–Trinajstić information content (AvgIpc) is 2.19. The van der Waals surface area contributed by atoms with Crippen molar-refractivity contribution in [1.82, 2.24) is 5.32 Å². The van der Waals surface area contributed by atoms with Gasteiger partial charge in [0.15, 0.2) is 0 Å². The van der Waals surface area contributed by atoms with E-state index in [1.165, 1.54) is 5.32 Å². The van der Waals surface area contributed by atoms with E-state index in [0.29, 0.717) is 6.42 Å². The Morgan fingerprint density at radius 3 is 2.38 bits per heavy atom. The summed E-state index contributed by atoms with van der Waals surface area (Å²) in [5.41, 5.74) is 0. The second-order valence-corrected chi connectivity index (χ2v) is 3.11. The van der Waals surface area contributed by atoms with E-state index in [4.69, 9.17) is 0 Å². The highest BCUT2D eigenvalue weighted by atomic mass is 19.4. The third-order valence-electron chi connectivity index (χ3n) is 1.66. The fourth-order valence-electron chi connectivity index (χ4n) is 0.842. The van der Waals surface area contributed by atoms with Crippen LogP contribution in [0.5, 0.6) is 0 Å². The van der Waals surface area contributed by atoms with Gasteiger partial charge in [-0.2, -0.15) is 13.2 Å². The Kier molecular flexibility index (Phi) is 6.52. The zero-order chi connectivity index (χ0) is 12.6. The number of rotatable bonds is 6. The fourth-order valence-corrected chi connectivity index (χ4v) is 0.842. The maximum absolute atomic E-state index is 11.7. The van der Waals surface area contributed by atoms with E-state index in [1.807, 2.05) is 6.92 Å². The van der Waals surface area contributed by atoms with Crippen molar-refractivity contribution in [3.05, 3.63) is 0 Å². The van der Waals surface area contributed by atoms with Crippen LogP contribution in [-0.4, -0.2) is 31.2 Å². The maximum atomic E-state index is 11.7. The minimum absolute atomic E-state index is 0.161. The third kappa shape index (κ3) is 7.08. The molecule has 0 heterocycles. The molecule has 0 unspecified atom stereocenters. The number of alkyl halides is 3. The fraction of sp³-hybridized carbons (Fsp3) is 0.778. The summed E-state index contributed by atoms with van der Waals surface area (Å²) in [6, 6.07) is 0. The molecule has 0 atom stereocenters. The van der Waals surface area contributed by atoms with Crippen molar-refractivity contribution in [2.24, 2.45) is 0 Å². The molecule has 0 saturated carbocycles. The molecule has 4 nitrogen and oxygen atoms in total. The average molecular weight is 241 g/mol. The van der Waals surface area contributed by atoms with Gasteiger partial charge in [-0.15, -0.1) is 0 Å². The van der Waals surface area contributed by atoms with Crippen molar-refractivity contribution in [1.29, 1.82) is 0 Å².